The van der Waals surface area contributed by atoms with Gasteiger partial charge in [0.1, 0.15) is 0 Å². The van der Waals surface area contributed by atoms with Gasteiger partial charge in [-0.05, 0) is 149 Å². The average molecular weight is 690 g/mol. The summed E-state index contributed by atoms with van der Waals surface area (Å²) in [5.41, 5.74) is 17.6. The van der Waals surface area contributed by atoms with Crippen molar-refractivity contribution in [3.8, 4) is 33.4 Å². The lowest BCUT2D eigenvalue weighted by atomic mass is 9.78. The molecule has 264 valence electrons. The van der Waals surface area contributed by atoms with Crippen LogP contribution < -0.4 is 4.90 Å². The first-order valence-corrected chi connectivity index (χ1v) is 20.4. The Kier molecular flexibility index (Phi) is 7.97. The predicted molar refractivity (Wildman–Crippen MR) is 224 cm³/mol. The smallest absolute Gasteiger partial charge is 0.0543 e. The van der Waals surface area contributed by atoms with Crippen molar-refractivity contribution in [3.05, 3.63) is 162 Å². The highest BCUT2D eigenvalue weighted by atomic mass is 15.1. The van der Waals surface area contributed by atoms with E-state index in [9.17, 15) is 0 Å². The Balaban J connectivity index is 1.15. The minimum absolute atomic E-state index is 0.0998. The Labute approximate surface area is 316 Å². The molecule has 53 heavy (non-hydrogen) atoms. The third-order valence-electron chi connectivity index (χ3n) is 14.0. The molecule has 0 radical (unpaired) electrons. The van der Waals surface area contributed by atoms with Crippen LogP contribution in [0.4, 0.5) is 17.1 Å². The second-order valence-electron chi connectivity index (χ2n) is 17.3. The van der Waals surface area contributed by atoms with E-state index in [1.165, 1.54) is 131 Å². The molecule has 3 fully saturated rings. The molecule has 0 aromatic heterocycles. The van der Waals surface area contributed by atoms with Gasteiger partial charge in [0.2, 0.25) is 0 Å². The number of anilines is 3. The summed E-state index contributed by atoms with van der Waals surface area (Å²) < 4.78 is 0. The van der Waals surface area contributed by atoms with E-state index in [2.05, 4.69) is 158 Å². The van der Waals surface area contributed by atoms with Gasteiger partial charge >= 0.3 is 0 Å². The van der Waals surface area contributed by atoms with Crippen LogP contribution in [0, 0.1) is 5.92 Å². The van der Waals surface area contributed by atoms with Crippen LogP contribution in [0.2, 0.25) is 0 Å². The average Bonchev–Trinajstić information content (AvgIpc) is 3.91. The van der Waals surface area contributed by atoms with Crippen LogP contribution in [0.5, 0.6) is 0 Å². The Hall–Kier alpha value is -4.88. The second kappa shape index (κ2) is 12.9. The van der Waals surface area contributed by atoms with E-state index in [1.54, 1.807) is 5.56 Å². The van der Waals surface area contributed by atoms with Crippen LogP contribution in [-0.4, -0.2) is 0 Å². The first-order valence-electron chi connectivity index (χ1n) is 20.4. The van der Waals surface area contributed by atoms with E-state index in [0.717, 1.165) is 5.92 Å². The number of fused-ring (bicyclic) bond motifs is 5. The molecule has 2 bridgehead atoms. The molecule has 1 nitrogen and oxygen atoms in total. The van der Waals surface area contributed by atoms with Crippen LogP contribution in [0.1, 0.15) is 106 Å². The molecule has 10 rings (SSSR count). The van der Waals surface area contributed by atoms with Crippen LogP contribution in [-0.2, 0) is 10.8 Å². The lowest BCUT2D eigenvalue weighted by molar-refractivity contribution is 0.419. The molecule has 4 aliphatic carbocycles. The largest absolute Gasteiger partial charge is 0.310 e. The molecule has 6 aromatic rings. The highest BCUT2D eigenvalue weighted by Gasteiger charge is 2.45. The number of hydrogen-bond acceptors (Lipinski definition) is 1. The molecule has 1 heteroatoms. The maximum atomic E-state index is 2.57. The van der Waals surface area contributed by atoms with Gasteiger partial charge in [0.25, 0.3) is 0 Å². The minimum atomic E-state index is -0.0998. The third-order valence-corrected chi connectivity index (χ3v) is 14.0. The molecular formula is C52H51N. The van der Waals surface area contributed by atoms with Gasteiger partial charge in [-0.3, -0.25) is 0 Å². The Bertz CT molecular complexity index is 2240. The van der Waals surface area contributed by atoms with Gasteiger partial charge in [0.05, 0.1) is 5.69 Å². The summed E-state index contributed by atoms with van der Waals surface area (Å²) >= 11 is 0. The zero-order valence-electron chi connectivity index (χ0n) is 31.5. The number of hydrogen-bond donors (Lipinski definition) is 0. The maximum absolute atomic E-state index is 2.57. The van der Waals surface area contributed by atoms with Gasteiger partial charge in [-0.25, -0.2) is 0 Å². The Morgan fingerprint density at radius 3 is 1.81 bits per heavy atom. The quantitative estimate of drug-likeness (QED) is 0.161. The summed E-state index contributed by atoms with van der Waals surface area (Å²) in [7, 11) is 0. The summed E-state index contributed by atoms with van der Waals surface area (Å²) in [4.78, 5) is 2.57. The van der Waals surface area contributed by atoms with Crippen molar-refractivity contribution in [2.24, 2.45) is 5.92 Å². The zero-order valence-corrected chi connectivity index (χ0v) is 31.5. The fourth-order valence-electron chi connectivity index (χ4n) is 10.9. The highest BCUT2D eigenvalue weighted by molar-refractivity contribution is 5.95. The molecule has 4 aliphatic rings. The summed E-state index contributed by atoms with van der Waals surface area (Å²) in [5, 5.41) is 0. The third kappa shape index (κ3) is 5.58. The summed E-state index contributed by atoms with van der Waals surface area (Å²) in [6.07, 6.45) is 13.6. The van der Waals surface area contributed by atoms with Gasteiger partial charge in [0.15, 0.2) is 0 Å². The van der Waals surface area contributed by atoms with Crippen molar-refractivity contribution < 1.29 is 0 Å². The Morgan fingerprint density at radius 1 is 0.509 bits per heavy atom. The lowest BCUT2D eigenvalue weighted by Crippen LogP contribution is -2.20. The molecule has 3 saturated carbocycles. The highest BCUT2D eigenvalue weighted by Crippen LogP contribution is 2.56. The molecule has 0 N–H and O–H groups in total. The molecule has 0 saturated heterocycles. The summed E-state index contributed by atoms with van der Waals surface area (Å²) in [5.74, 6) is 1.62. The topological polar surface area (TPSA) is 3.24 Å². The van der Waals surface area contributed by atoms with Crippen LogP contribution in [0.3, 0.4) is 0 Å². The Morgan fingerprint density at radius 2 is 1.13 bits per heavy atom. The van der Waals surface area contributed by atoms with Gasteiger partial charge in [-0.2, -0.15) is 0 Å². The van der Waals surface area contributed by atoms with Crippen LogP contribution >= 0.6 is 0 Å². The predicted octanol–water partition coefficient (Wildman–Crippen LogP) is 14.7. The van der Waals surface area contributed by atoms with Gasteiger partial charge < -0.3 is 4.90 Å². The van der Waals surface area contributed by atoms with Crippen molar-refractivity contribution in [1.29, 1.82) is 0 Å². The molecule has 0 heterocycles. The molecular weight excluding hydrogens is 639 g/mol. The molecule has 0 atom stereocenters. The standard InChI is InChI=1S/C52H51N/c1-51(2)48-16-10-9-15-45(48)47-33-46(41-19-17-39(18-20-41)37-11-5-3-6-12-37)50(34-49(47)51)53(43-25-21-40(22-26-43)38-13-7-4-8-14-38)44-27-23-42(24-28-44)52-31-29-36(35-52)30-32-52/h3,5-6,9-12,15-28,33-34,36,38H,4,7-8,13-14,29-32,35H2,1-2H3. The van der Waals surface area contributed by atoms with Crippen LogP contribution in [0.15, 0.2) is 140 Å². The fraction of sp³-hybridized carbons (Fsp3) is 0.308. The molecule has 0 aliphatic heterocycles. The maximum Gasteiger partial charge on any atom is 0.0543 e. The van der Waals surface area contributed by atoms with E-state index in [4.69, 9.17) is 0 Å². The summed E-state index contributed by atoms with van der Waals surface area (Å²) in [6, 6.07) is 53.6. The summed E-state index contributed by atoms with van der Waals surface area (Å²) in [6.45, 7) is 4.81. The van der Waals surface area contributed by atoms with E-state index in [0.29, 0.717) is 11.3 Å². The molecule has 0 unspecified atom stereocenters. The van der Waals surface area contributed by atoms with Crippen molar-refractivity contribution in [2.45, 2.75) is 94.8 Å². The zero-order chi connectivity index (χ0) is 35.6. The number of rotatable bonds is 7. The van der Waals surface area contributed by atoms with Gasteiger partial charge in [-0.15, -0.1) is 0 Å². The number of benzene rings is 6. The minimum Gasteiger partial charge on any atom is -0.310 e. The van der Waals surface area contributed by atoms with Crippen molar-refractivity contribution >= 4 is 17.1 Å². The number of nitrogens with zero attached hydrogens (tertiary/aromatic N) is 1. The van der Waals surface area contributed by atoms with Crippen LogP contribution in [0.25, 0.3) is 33.4 Å². The van der Waals surface area contributed by atoms with Gasteiger partial charge in [0, 0.05) is 22.4 Å². The van der Waals surface area contributed by atoms with E-state index in [1.807, 2.05) is 0 Å². The van der Waals surface area contributed by atoms with Crippen molar-refractivity contribution in [1.82, 2.24) is 0 Å². The van der Waals surface area contributed by atoms with E-state index >= 15 is 0 Å². The van der Waals surface area contributed by atoms with E-state index < -0.39 is 0 Å². The fourth-order valence-corrected chi connectivity index (χ4v) is 10.9. The first-order chi connectivity index (χ1) is 26.0. The molecule has 0 amide bonds. The second-order valence-corrected chi connectivity index (χ2v) is 17.3. The lowest BCUT2D eigenvalue weighted by Gasteiger charge is -2.32. The first kappa shape index (κ1) is 32.7. The normalized spacial score (nSPS) is 21.4. The monoisotopic (exact) mass is 689 g/mol. The van der Waals surface area contributed by atoms with Crippen molar-refractivity contribution in [2.75, 3.05) is 4.90 Å². The van der Waals surface area contributed by atoms with Crippen molar-refractivity contribution in [3.63, 3.8) is 0 Å². The molecule has 0 spiro atoms. The van der Waals surface area contributed by atoms with Gasteiger partial charge in [-0.1, -0.05) is 136 Å². The van der Waals surface area contributed by atoms with E-state index in [-0.39, 0.29) is 5.41 Å². The SMILES string of the molecule is CC1(C)c2ccccc2-c2cc(-c3ccc(-c4ccccc4)cc3)c(N(c3ccc(C4CCCCC4)cc3)c3ccc(C45CCC(CC4)C5)cc3)cc21. The molecule has 6 aromatic carbocycles.